The maximum Gasteiger partial charge on any atom is 0.251 e. The molecule has 1 saturated heterocycles. The van der Waals surface area contributed by atoms with Crippen LogP contribution in [0.15, 0.2) is 42.6 Å². The Labute approximate surface area is 237 Å². The van der Waals surface area contributed by atoms with Gasteiger partial charge in [-0.05, 0) is 87.2 Å². The third kappa shape index (κ3) is 4.29. The summed E-state index contributed by atoms with van der Waals surface area (Å²) in [5, 5.41) is 6.02. The minimum atomic E-state index is 0.0864. The molecule has 4 aliphatic rings. The number of carbonyl (C=O) groups is 1. The molecule has 2 aromatic heterocycles. The van der Waals surface area contributed by atoms with Crippen LogP contribution in [0.25, 0.3) is 33.1 Å². The van der Waals surface area contributed by atoms with E-state index >= 15 is 0 Å². The van der Waals surface area contributed by atoms with Crippen LogP contribution in [0.1, 0.15) is 98.0 Å². The van der Waals surface area contributed by atoms with Gasteiger partial charge < -0.3 is 14.5 Å². The first kappa shape index (κ1) is 24.7. The second-order valence-corrected chi connectivity index (χ2v) is 13.0. The minimum absolute atomic E-state index is 0.0864. The zero-order valence-electron chi connectivity index (χ0n) is 23.8. The number of hydrogen-bond acceptors (Lipinski definition) is 2. The Morgan fingerprint density at radius 1 is 0.825 bits per heavy atom. The Morgan fingerprint density at radius 3 is 2.48 bits per heavy atom. The number of amides is 1. The summed E-state index contributed by atoms with van der Waals surface area (Å²) in [6.07, 6.45) is 16.4. The van der Waals surface area contributed by atoms with Crippen molar-refractivity contribution >= 4 is 27.7 Å². The lowest BCUT2D eigenvalue weighted by Crippen LogP contribution is -2.28. The smallest absolute Gasteiger partial charge is 0.251 e. The van der Waals surface area contributed by atoms with Crippen LogP contribution in [0.2, 0.25) is 0 Å². The third-order valence-corrected chi connectivity index (χ3v) is 10.2. The third-order valence-electron chi connectivity index (χ3n) is 10.2. The van der Waals surface area contributed by atoms with Gasteiger partial charge >= 0.3 is 0 Å². The van der Waals surface area contributed by atoms with Gasteiger partial charge in [0.1, 0.15) is 0 Å². The highest BCUT2D eigenvalue weighted by molar-refractivity contribution is 6.04. The quantitative estimate of drug-likeness (QED) is 0.287. The van der Waals surface area contributed by atoms with E-state index in [1.165, 1.54) is 103 Å². The monoisotopic (exact) mass is 534 g/mol. The summed E-state index contributed by atoms with van der Waals surface area (Å²) in [6.45, 7) is 5.53. The highest BCUT2D eigenvalue weighted by Gasteiger charge is 2.30. The zero-order valence-corrected chi connectivity index (χ0v) is 23.8. The molecule has 2 aliphatic heterocycles. The number of benzene rings is 2. The fraction of sp³-hybridized carbons (Fsp3) is 0.514. The molecule has 2 aliphatic carbocycles. The minimum Gasteiger partial charge on any atom is -0.349 e. The van der Waals surface area contributed by atoms with E-state index in [0.717, 1.165) is 44.5 Å². The first-order valence-corrected chi connectivity index (χ1v) is 16.0. The molecule has 208 valence electrons. The van der Waals surface area contributed by atoms with Crippen molar-refractivity contribution in [1.29, 1.82) is 0 Å². The zero-order chi connectivity index (χ0) is 26.6. The first-order valence-electron chi connectivity index (χ1n) is 16.0. The molecule has 0 bridgehead atoms. The SMILES string of the molecule is O=C(NC1CC1)c1ccc2c(C3CCCCC3)c3n(c2c1)CCCn1cc(CN2CCCCC2)c2cccc-3c21. The molecule has 0 atom stereocenters. The largest absolute Gasteiger partial charge is 0.349 e. The molecule has 1 N–H and O–H groups in total. The number of likely N-dealkylation sites (tertiary alicyclic amines) is 1. The van der Waals surface area contributed by atoms with Crippen molar-refractivity contribution in [3.8, 4) is 11.3 Å². The average Bonchev–Trinajstić information content (AvgIpc) is 3.66. The molecule has 5 nitrogen and oxygen atoms in total. The summed E-state index contributed by atoms with van der Waals surface area (Å²) in [5.74, 6) is 0.674. The molecule has 4 aromatic rings. The van der Waals surface area contributed by atoms with E-state index in [2.05, 4.69) is 61.9 Å². The van der Waals surface area contributed by atoms with E-state index in [9.17, 15) is 4.79 Å². The van der Waals surface area contributed by atoms with Gasteiger partial charge in [-0.1, -0.05) is 49.9 Å². The van der Waals surface area contributed by atoms with Crippen molar-refractivity contribution in [2.75, 3.05) is 13.1 Å². The van der Waals surface area contributed by atoms with Crippen LogP contribution in [0, 0.1) is 0 Å². The highest BCUT2D eigenvalue weighted by Crippen LogP contribution is 2.47. The lowest BCUT2D eigenvalue weighted by atomic mass is 9.81. The number of fused-ring (bicyclic) bond motifs is 4. The number of aromatic nitrogens is 2. The van der Waals surface area contributed by atoms with Gasteiger partial charge in [-0.15, -0.1) is 0 Å². The predicted octanol–water partition coefficient (Wildman–Crippen LogP) is 7.59. The Morgan fingerprint density at radius 2 is 1.65 bits per heavy atom. The number of carbonyl (C=O) groups excluding carboxylic acids is 1. The van der Waals surface area contributed by atoms with Crippen LogP contribution in [0.3, 0.4) is 0 Å². The lowest BCUT2D eigenvalue weighted by molar-refractivity contribution is 0.0951. The van der Waals surface area contributed by atoms with Gasteiger partial charge in [-0.3, -0.25) is 9.69 Å². The van der Waals surface area contributed by atoms with Crippen LogP contribution in [0.4, 0.5) is 0 Å². The van der Waals surface area contributed by atoms with Crippen LogP contribution < -0.4 is 5.32 Å². The Kier molecular flexibility index (Phi) is 6.24. The van der Waals surface area contributed by atoms with Gasteiger partial charge in [0.25, 0.3) is 5.91 Å². The number of para-hydroxylation sites is 1. The van der Waals surface area contributed by atoms with Crippen LogP contribution >= 0.6 is 0 Å². The number of rotatable bonds is 5. The fourth-order valence-corrected chi connectivity index (χ4v) is 8.03. The van der Waals surface area contributed by atoms with Crippen molar-refractivity contribution < 1.29 is 4.79 Å². The summed E-state index contributed by atoms with van der Waals surface area (Å²) in [5.41, 5.74) is 9.33. The summed E-state index contributed by atoms with van der Waals surface area (Å²) < 4.78 is 5.17. The maximum absolute atomic E-state index is 13.1. The normalized spacial score (nSPS) is 20.4. The second-order valence-electron chi connectivity index (χ2n) is 13.0. The van der Waals surface area contributed by atoms with E-state index in [4.69, 9.17) is 0 Å². The molecule has 40 heavy (non-hydrogen) atoms. The molecule has 0 radical (unpaired) electrons. The summed E-state index contributed by atoms with van der Waals surface area (Å²) in [7, 11) is 0. The van der Waals surface area contributed by atoms with Crippen LogP contribution in [-0.4, -0.2) is 39.1 Å². The number of piperidine rings is 1. The van der Waals surface area contributed by atoms with Gasteiger partial charge in [0, 0.05) is 59.3 Å². The van der Waals surface area contributed by atoms with E-state index in [-0.39, 0.29) is 5.91 Å². The number of hydrogen-bond donors (Lipinski definition) is 1. The highest BCUT2D eigenvalue weighted by atomic mass is 16.1. The molecule has 3 fully saturated rings. The maximum atomic E-state index is 13.1. The van der Waals surface area contributed by atoms with Gasteiger partial charge in [0.05, 0.1) is 11.2 Å². The van der Waals surface area contributed by atoms with Crippen molar-refractivity contribution in [3.05, 3.63) is 59.3 Å². The molecule has 8 rings (SSSR count). The van der Waals surface area contributed by atoms with Gasteiger partial charge in [0.2, 0.25) is 0 Å². The summed E-state index contributed by atoms with van der Waals surface area (Å²) >= 11 is 0. The predicted molar refractivity (Wildman–Crippen MR) is 163 cm³/mol. The Balaban J connectivity index is 1.32. The molecule has 0 unspecified atom stereocenters. The molecular weight excluding hydrogens is 492 g/mol. The van der Waals surface area contributed by atoms with Crippen molar-refractivity contribution in [2.24, 2.45) is 0 Å². The van der Waals surface area contributed by atoms with Crippen LogP contribution in [-0.2, 0) is 19.6 Å². The topological polar surface area (TPSA) is 42.2 Å². The van der Waals surface area contributed by atoms with E-state index in [1.54, 1.807) is 5.56 Å². The Hall–Kier alpha value is -3.05. The molecule has 2 saturated carbocycles. The van der Waals surface area contributed by atoms with E-state index in [0.29, 0.717) is 12.0 Å². The molecule has 5 heteroatoms. The average molecular weight is 535 g/mol. The summed E-state index contributed by atoms with van der Waals surface area (Å²) in [6, 6.07) is 14.0. The molecule has 2 aromatic carbocycles. The van der Waals surface area contributed by atoms with Crippen molar-refractivity contribution in [1.82, 2.24) is 19.4 Å². The Bertz CT molecular complexity index is 1580. The van der Waals surface area contributed by atoms with E-state index < -0.39 is 0 Å². The second kappa shape index (κ2) is 10.1. The van der Waals surface area contributed by atoms with Gasteiger partial charge in [-0.25, -0.2) is 0 Å². The number of nitrogens with one attached hydrogen (secondary N) is 1. The van der Waals surface area contributed by atoms with Crippen molar-refractivity contribution in [3.63, 3.8) is 0 Å². The summed E-state index contributed by atoms with van der Waals surface area (Å²) in [4.78, 5) is 15.8. The van der Waals surface area contributed by atoms with E-state index in [1.807, 2.05) is 0 Å². The number of nitrogens with zero attached hydrogens (tertiary/aromatic N) is 3. The van der Waals surface area contributed by atoms with Crippen LogP contribution in [0.5, 0.6) is 0 Å². The lowest BCUT2D eigenvalue weighted by Gasteiger charge is -2.26. The number of aryl methyl sites for hydroxylation is 2. The molecule has 0 spiro atoms. The van der Waals surface area contributed by atoms with Gasteiger partial charge in [-0.2, -0.15) is 0 Å². The molecule has 1 amide bonds. The first-order chi connectivity index (χ1) is 19.7. The molecule has 4 heterocycles. The fourth-order valence-electron chi connectivity index (χ4n) is 8.03. The van der Waals surface area contributed by atoms with Crippen molar-refractivity contribution in [2.45, 2.75) is 102 Å². The molecular formula is C35H42N4O. The van der Waals surface area contributed by atoms with Gasteiger partial charge in [0.15, 0.2) is 0 Å². The standard InChI is InChI=1S/C35H42N4O/c40-35(36-27-14-15-27)25-13-16-29-31(21-25)39-20-8-19-38-23-26(22-37-17-5-2-6-18-37)28-11-7-12-30(33(28)38)34(39)32(29)24-9-3-1-4-10-24/h7,11-13,16,21,23-24,27H,1-6,8-10,14-15,17-20,22H2,(H,36,40).